The van der Waals surface area contributed by atoms with Crippen molar-refractivity contribution in [2.24, 2.45) is 0 Å². The molecule has 16 heavy (non-hydrogen) atoms. The molecule has 1 N–H and O–H groups in total. The lowest BCUT2D eigenvalue weighted by atomic mass is 10.2. The van der Waals surface area contributed by atoms with E-state index in [-0.39, 0.29) is 0 Å². The molecule has 0 saturated heterocycles. The summed E-state index contributed by atoms with van der Waals surface area (Å²) in [6.45, 7) is 2.08. The van der Waals surface area contributed by atoms with Crippen molar-refractivity contribution in [3.05, 3.63) is 29.8 Å². The number of thioether (sulfide) groups is 1. The maximum absolute atomic E-state index is 5.13. The van der Waals surface area contributed by atoms with Crippen LogP contribution in [0.1, 0.15) is 18.4 Å². The van der Waals surface area contributed by atoms with Crippen LogP contribution in [0.15, 0.2) is 24.3 Å². The number of benzene rings is 1. The molecular formula is C13H19NOS. The highest BCUT2D eigenvalue weighted by Crippen LogP contribution is 2.46. The molecule has 1 aromatic rings. The molecule has 2 rings (SSSR count). The van der Waals surface area contributed by atoms with Crippen LogP contribution in [0.4, 0.5) is 0 Å². The van der Waals surface area contributed by atoms with Gasteiger partial charge in [-0.1, -0.05) is 12.1 Å². The van der Waals surface area contributed by atoms with Crippen molar-refractivity contribution in [3.63, 3.8) is 0 Å². The normalized spacial score (nSPS) is 17.1. The van der Waals surface area contributed by atoms with Crippen LogP contribution in [0.3, 0.4) is 0 Å². The van der Waals surface area contributed by atoms with Crippen molar-refractivity contribution in [2.75, 3.05) is 19.9 Å². The average molecular weight is 237 g/mol. The number of nitrogens with one attached hydrogen (secondary N) is 1. The quantitative estimate of drug-likeness (QED) is 0.822. The van der Waals surface area contributed by atoms with E-state index in [1.165, 1.54) is 18.4 Å². The van der Waals surface area contributed by atoms with E-state index in [2.05, 4.69) is 23.7 Å². The first kappa shape index (κ1) is 11.8. The number of methoxy groups -OCH3 is 1. The first-order valence-corrected chi connectivity index (χ1v) is 6.89. The van der Waals surface area contributed by atoms with Gasteiger partial charge in [0.25, 0.3) is 0 Å². The molecule has 0 aliphatic heterocycles. The van der Waals surface area contributed by atoms with Gasteiger partial charge in [-0.15, -0.1) is 0 Å². The molecule has 3 heteroatoms. The Balaban J connectivity index is 1.76. The Morgan fingerprint density at radius 1 is 1.31 bits per heavy atom. The van der Waals surface area contributed by atoms with Gasteiger partial charge in [-0.2, -0.15) is 11.8 Å². The summed E-state index contributed by atoms with van der Waals surface area (Å²) in [5, 5.41) is 3.53. The largest absolute Gasteiger partial charge is 0.497 e. The molecule has 0 bridgehead atoms. The highest BCUT2D eigenvalue weighted by Gasteiger charge is 2.41. The second-order valence-electron chi connectivity index (χ2n) is 4.34. The van der Waals surface area contributed by atoms with Gasteiger partial charge < -0.3 is 10.1 Å². The van der Waals surface area contributed by atoms with Gasteiger partial charge in [-0.05, 0) is 36.8 Å². The van der Waals surface area contributed by atoms with E-state index >= 15 is 0 Å². The van der Waals surface area contributed by atoms with Crippen molar-refractivity contribution in [2.45, 2.75) is 24.1 Å². The number of ether oxygens (including phenoxy) is 1. The minimum absolute atomic E-state index is 0.548. The Morgan fingerprint density at radius 3 is 2.50 bits per heavy atom. The van der Waals surface area contributed by atoms with Gasteiger partial charge in [0.15, 0.2) is 0 Å². The van der Waals surface area contributed by atoms with Gasteiger partial charge in [-0.25, -0.2) is 0 Å². The molecule has 1 saturated carbocycles. The fourth-order valence-corrected chi connectivity index (χ4v) is 2.53. The lowest BCUT2D eigenvalue weighted by molar-refractivity contribution is 0.414. The lowest BCUT2D eigenvalue weighted by Gasteiger charge is -2.13. The van der Waals surface area contributed by atoms with Gasteiger partial charge in [0.05, 0.1) is 7.11 Å². The van der Waals surface area contributed by atoms with Gasteiger partial charge >= 0.3 is 0 Å². The zero-order valence-electron chi connectivity index (χ0n) is 9.95. The molecule has 0 aromatic heterocycles. The van der Waals surface area contributed by atoms with E-state index in [1.54, 1.807) is 7.11 Å². The molecule has 1 aliphatic carbocycles. The van der Waals surface area contributed by atoms with Gasteiger partial charge in [-0.3, -0.25) is 0 Å². The van der Waals surface area contributed by atoms with Crippen LogP contribution < -0.4 is 10.1 Å². The van der Waals surface area contributed by atoms with E-state index in [0.717, 1.165) is 18.8 Å². The second kappa shape index (κ2) is 5.11. The van der Waals surface area contributed by atoms with E-state index < -0.39 is 0 Å². The van der Waals surface area contributed by atoms with Crippen molar-refractivity contribution in [1.29, 1.82) is 0 Å². The predicted octanol–water partition coefficient (Wildman–Crippen LogP) is 2.68. The minimum atomic E-state index is 0.548. The third-order valence-corrected chi connectivity index (χ3v) is 4.59. The summed E-state index contributed by atoms with van der Waals surface area (Å²) >= 11 is 2.00. The Labute approximate surface area is 102 Å². The minimum Gasteiger partial charge on any atom is -0.497 e. The van der Waals surface area contributed by atoms with Gasteiger partial charge in [0.1, 0.15) is 5.75 Å². The highest BCUT2D eigenvalue weighted by molar-refractivity contribution is 8.00. The van der Waals surface area contributed by atoms with Crippen LogP contribution in [-0.4, -0.2) is 24.7 Å². The molecule has 1 fully saturated rings. The molecule has 1 aromatic carbocycles. The summed E-state index contributed by atoms with van der Waals surface area (Å²) < 4.78 is 5.68. The third-order valence-electron chi connectivity index (χ3n) is 3.18. The van der Waals surface area contributed by atoms with E-state index in [9.17, 15) is 0 Å². The van der Waals surface area contributed by atoms with Crippen LogP contribution in [-0.2, 0) is 6.54 Å². The summed E-state index contributed by atoms with van der Waals surface area (Å²) in [4.78, 5) is 0. The first-order valence-electron chi connectivity index (χ1n) is 5.67. The standard InChI is InChI=1S/C13H19NOS/c1-15-12-5-3-11(4-6-12)9-14-10-13(16-2)7-8-13/h3-6,14H,7-10H2,1-2H3. The SMILES string of the molecule is COc1ccc(CNCC2(SC)CC2)cc1. The molecule has 0 atom stereocenters. The van der Waals surface area contributed by atoms with Crippen LogP contribution in [0.25, 0.3) is 0 Å². The molecule has 2 nitrogen and oxygen atoms in total. The highest BCUT2D eigenvalue weighted by atomic mass is 32.2. The molecule has 1 aliphatic rings. The predicted molar refractivity (Wildman–Crippen MR) is 70.2 cm³/mol. The lowest BCUT2D eigenvalue weighted by Crippen LogP contribution is -2.25. The van der Waals surface area contributed by atoms with Crippen molar-refractivity contribution in [1.82, 2.24) is 5.32 Å². The maximum Gasteiger partial charge on any atom is 0.118 e. The molecule has 0 unspecified atom stereocenters. The topological polar surface area (TPSA) is 21.3 Å². The smallest absolute Gasteiger partial charge is 0.118 e. The molecular weight excluding hydrogens is 218 g/mol. The van der Waals surface area contributed by atoms with Crippen LogP contribution >= 0.6 is 11.8 Å². The first-order chi connectivity index (χ1) is 7.78. The van der Waals surface area contributed by atoms with Gasteiger partial charge in [0, 0.05) is 17.8 Å². The van der Waals surface area contributed by atoms with Gasteiger partial charge in [0.2, 0.25) is 0 Å². The number of hydrogen-bond donors (Lipinski definition) is 1. The van der Waals surface area contributed by atoms with Crippen LogP contribution in [0.5, 0.6) is 5.75 Å². The fourth-order valence-electron chi connectivity index (χ4n) is 1.77. The fraction of sp³-hybridized carbons (Fsp3) is 0.538. The number of hydrogen-bond acceptors (Lipinski definition) is 3. The molecule has 88 valence electrons. The number of rotatable bonds is 6. The molecule has 0 heterocycles. The Morgan fingerprint density at radius 2 is 2.00 bits per heavy atom. The summed E-state index contributed by atoms with van der Waals surface area (Å²) in [6.07, 6.45) is 4.94. The Kier molecular flexibility index (Phi) is 3.77. The molecule has 0 spiro atoms. The Hall–Kier alpha value is -0.670. The van der Waals surface area contributed by atoms with E-state index in [0.29, 0.717) is 4.75 Å². The van der Waals surface area contributed by atoms with E-state index in [4.69, 9.17) is 4.74 Å². The van der Waals surface area contributed by atoms with Crippen LogP contribution in [0.2, 0.25) is 0 Å². The second-order valence-corrected chi connectivity index (χ2v) is 5.61. The molecule has 0 radical (unpaired) electrons. The molecule has 0 amide bonds. The Bertz CT molecular complexity index is 332. The zero-order chi connectivity index (χ0) is 11.4. The van der Waals surface area contributed by atoms with Crippen LogP contribution in [0, 0.1) is 0 Å². The zero-order valence-corrected chi connectivity index (χ0v) is 10.8. The summed E-state index contributed by atoms with van der Waals surface area (Å²) in [5.41, 5.74) is 1.32. The van der Waals surface area contributed by atoms with Crippen molar-refractivity contribution < 1.29 is 4.74 Å². The third kappa shape index (κ3) is 2.92. The van der Waals surface area contributed by atoms with E-state index in [1.807, 2.05) is 23.9 Å². The average Bonchev–Trinajstić information content (AvgIpc) is 3.11. The van der Waals surface area contributed by atoms with Crippen molar-refractivity contribution >= 4 is 11.8 Å². The monoisotopic (exact) mass is 237 g/mol. The summed E-state index contributed by atoms with van der Waals surface area (Å²) in [7, 11) is 1.70. The maximum atomic E-state index is 5.13. The summed E-state index contributed by atoms with van der Waals surface area (Å²) in [6, 6.07) is 8.26. The van der Waals surface area contributed by atoms with Crippen molar-refractivity contribution in [3.8, 4) is 5.75 Å². The summed E-state index contributed by atoms with van der Waals surface area (Å²) in [5.74, 6) is 0.923.